The minimum absolute atomic E-state index is 0.275. The summed E-state index contributed by atoms with van der Waals surface area (Å²) in [5, 5.41) is 7.26. The van der Waals surface area contributed by atoms with Crippen molar-refractivity contribution in [1.82, 2.24) is 15.6 Å². The first-order chi connectivity index (χ1) is 16.4. The number of hydrogen-bond acceptors (Lipinski definition) is 7. The van der Waals surface area contributed by atoms with Crippen molar-refractivity contribution in [3.63, 3.8) is 0 Å². The molecule has 0 radical (unpaired) electrons. The van der Waals surface area contributed by atoms with E-state index in [-0.39, 0.29) is 24.4 Å². The lowest BCUT2D eigenvalue weighted by Gasteiger charge is -2.30. The Morgan fingerprint density at radius 3 is 3.03 bits per heavy atom. The molecule has 5 heterocycles. The van der Waals surface area contributed by atoms with Crippen LogP contribution in [0, 0.1) is 25.6 Å². The van der Waals surface area contributed by atoms with E-state index in [1.165, 1.54) is 11.3 Å². The van der Waals surface area contributed by atoms with Gasteiger partial charge in [0, 0.05) is 60.5 Å². The largest absolute Gasteiger partial charge is 0.491 e. The maximum absolute atomic E-state index is 15.2. The van der Waals surface area contributed by atoms with Crippen LogP contribution < -0.4 is 26.0 Å². The van der Waals surface area contributed by atoms with Gasteiger partial charge in [-0.15, -0.1) is 11.3 Å². The molecule has 0 aliphatic carbocycles. The normalized spacial score (nSPS) is 23.6. The third-order valence-corrected chi connectivity index (χ3v) is 8.47. The molecule has 2 saturated heterocycles. The van der Waals surface area contributed by atoms with Crippen molar-refractivity contribution in [2.24, 2.45) is 5.92 Å². The number of pyridine rings is 1. The number of aromatic nitrogens is 1. The molecule has 2 fully saturated rings. The third kappa shape index (κ3) is 3.49. The van der Waals surface area contributed by atoms with Gasteiger partial charge in [-0.2, -0.15) is 0 Å². The summed E-state index contributed by atoms with van der Waals surface area (Å²) >= 11 is 1.29. The first-order valence-corrected chi connectivity index (χ1v) is 12.6. The number of nitrogens with one attached hydrogen (secondary N) is 2. The summed E-state index contributed by atoms with van der Waals surface area (Å²) in [6.07, 6.45) is 1.50. The molecule has 3 aliphatic heterocycles. The Bertz CT molecular complexity index is 1310. The lowest BCUT2D eigenvalue weighted by Crippen LogP contribution is -2.43. The Labute approximate surface area is 201 Å². The number of thiophene rings is 1. The number of hydrogen-bond donors (Lipinski definition) is 3. The van der Waals surface area contributed by atoms with E-state index in [1.54, 1.807) is 6.07 Å². The summed E-state index contributed by atoms with van der Waals surface area (Å²) in [5.41, 5.74) is 10.0. The smallest absolute Gasteiger partial charge is 0.263 e. The van der Waals surface area contributed by atoms with Crippen LogP contribution in [0.5, 0.6) is 5.75 Å². The minimum Gasteiger partial charge on any atom is -0.491 e. The summed E-state index contributed by atoms with van der Waals surface area (Å²) in [5.74, 6) is 0.649. The van der Waals surface area contributed by atoms with Gasteiger partial charge >= 0.3 is 0 Å². The van der Waals surface area contributed by atoms with Gasteiger partial charge in [-0.1, -0.05) is 0 Å². The van der Waals surface area contributed by atoms with Crippen LogP contribution in [0.3, 0.4) is 0 Å². The fourth-order valence-corrected chi connectivity index (χ4v) is 6.86. The van der Waals surface area contributed by atoms with Crippen molar-refractivity contribution in [3.8, 4) is 5.75 Å². The molecule has 0 spiro atoms. The molecule has 0 saturated carbocycles. The Morgan fingerprint density at radius 2 is 2.18 bits per heavy atom. The number of ether oxygens (including phenoxy) is 1. The highest BCUT2D eigenvalue weighted by Gasteiger charge is 2.38. The molecule has 9 heteroatoms. The number of nitrogen functional groups attached to an aromatic ring is 1. The molecule has 1 aromatic carbocycles. The maximum Gasteiger partial charge on any atom is 0.263 e. The highest BCUT2D eigenvalue weighted by molar-refractivity contribution is 7.21. The topological polar surface area (TPSA) is 92.5 Å². The molecular weight excluding hydrogens is 453 g/mol. The summed E-state index contributed by atoms with van der Waals surface area (Å²) in [7, 11) is 0. The van der Waals surface area contributed by atoms with Gasteiger partial charge < -0.3 is 26.0 Å². The first-order valence-electron chi connectivity index (χ1n) is 11.8. The van der Waals surface area contributed by atoms with Crippen LogP contribution in [-0.4, -0.2) is 49.2 Å². The number of halogens is 1. The van der Waals surface area contributed by atoms with Gasteiger partial charge in [0.2, 0.25) is 0 Å². The Hall–Kier alpha value is -2.91. The minimum atomic E-state index is -0.337. The number of nitrogens with zero attached hydrogens (tertiary/aromatic N) is 2. The van der Waals surface area contributed by atoms with Crippen LogP contribution >= 0.6 is 11.3 Å². The van der Waals surface area contributed by atoms with Gasteiger partial charge in [0.25, 0.3) is 5.91 Å². The lowest BCUT2D eigenvalue weighted by molar-refractivity contribution is 0.0919. The second-order valence-corrected chi connectivity index (χ2v) is 10.7. The molecule has 3 aliphatic rings. The van der Waals surface area contributed by atoms with E-state index in [9.17, 15) is 4.79 Å². The van der Waals surface area contributed by atoms with Crippen molar-refractivity contribution in [2.75, 3.05) is 36.9 Å². The SMILES string of the molecule is Cc1cc(C)c2c(N)c(C(=O)N[C@H]3COc4cc(N5CC[C@@H]6CNC[C@@H]65)cc(F)c4C3)sc2n1. The number of fused-ring (bicyclic) bond motifs is 3. The van der Waals surface area contributed by atoms with E-state index in [4.69, 9.17) is 10.5 Å². The van der Waals surface area contributed by atoms with E-state index < -0.39 is 0 Å². The second-order valence-electron chi connectivity index (χ2n) is 9.66. The van der Waals surface area contributed by atoms with Gasteiger partial charge in [0.1, 0.15) is 27.9 Å². The monoisotopic (exact) mass is 481 g/mol. The fraction of sp³-hybridized carbons (Fsp3) is 0.440. The number of nitrogens with two attached hydrogens (primary N) is 1. The highest BCUT2D eigenvalue weighted by Crippen LogP contribution is 2.38. The lowest BCUT2D eigenvalue weighted by atomic mass is 10.0. The molecule has 4 N–H and O–H groups in total. The quantitative estimate of drug-likeness (QED) is 0.532. The zero-order valence-corrected chi connectivity index (χ0v) is 20.1. The summed E-state index contributed by atoms with van der Waals surface area (Å²) < 4.78 is 21.1. The predicted octanol–water partition coefficient (Wildman–Crippen LogP) is 3.17. The highest BCUT2D eigenvalue weighted by atomic mass is 32.1. The molecule has 3 aromatic rings. The number of aryl methyl sites for hydroxylation is 2. The van der Waals surface area contributed by atoms with Crippen molar-refractivity contribution in [2.45, 2.75) is 38.8 Å². The van der Waals surface area contributed by atoms with Gasteiger partial charge in [0.05, 0.1) is 11.7 Å². The zero-order chi connectivity index (χ0) is 23.6. The van der Waals surface area contributed by atoms with E-state index >= 15 is 4.39 Å². The molecule has 1 amide bonds. The van der Waals surface area contributed by atoms with E-state index in [2.05, 4.69) is 20.5 Å². The fourth-order valence-electron chi connectivity index (χ4n) is 5.74. The molecule has 34 heavy (non-hydrogen) atoms. The van der Waals surface area contributed by atoms with Crippen molar-refractivity contribution in [3.05, 3.63) is 45.7 Å². The average molecular weight is 482 g/mol. The standard InChI is InChI=1S/C25H28FN5O2S/c1-12-5-13(2)29-25-21(12)22(27)23(34-25)24(32)30-15-6-17-18(26)7-16(8-20(17)33-11-15)31-4-3-14-9-28-10-19(14)31/h5,7-8,14-15,19,28H,3-4,6,9-11,27H2,1-2H3,(H,30,32)/t14-,15-,19+/m1/s1. The Balaban J connectivity index is 1.21. The number of benzene rings is 1. The van der Waals surface area contributed by atoms with E-state index in [0.717, 1.165) is 53.2 Å². The van der Waals surface area contributed by atoms with Crippen molar-refractivity contribution >= 4 is 38.8 Å². The molecule has 2 aromatic heterocycles. The molecule has 0 bridgehead atoms. The van der Waals surface area contributed by atoms with E-state index in [0.29, 0.717) is 40.3 Å². The first kappa shape index (κ1) is 21.6. The summed E-state index contributed by atoms with van der Waals surface area (Å²) in [4.78, 5) is 21.1. The van der Waals surface area contributed by atoms with Crippen molar-refractivity contribution < 1.29 is 13.9 Å². The molecular formula is C25H28FN5O2S. The number of anilines is 2. The van der Waals surface area contributed by atoms with Gasteiger partial charge in [0.15, 0.2) is 0 Å². The summed E-state index contributed by atoms with van der Waals surface area (Å²) in [6, 6.07) is 5.62. The number of carbonyl (C=O) groups excluding carboxylic acids is 1. The second kappa shape index (κ2) is 8.09. The van der Waals surface area contributed by atoms with Crippen LogP contribution in [0.15, 0.2) is 18.2 Å². The van der Waals surface area contributed by atoms with Crippen molar-refractivity contribution in [1.29, 1.82) is 0 Å². The van der Waals surface area contributed by atoms with Crippen LogP contribution in [-0.2, 0) is 6.42 Å². The van der Waals surface area contributed by atoms with Gasteiger partial charge in [-0.3, -0.25) is 4.79 Å². The predicted molar refractivity (Wildman–Crippen MR) is 132 cm³/mol. The molecule has 7 nitrogen and oxygen atoms in total. The average Bonchev–Trinajstić information content (AvgIpc) is 3.48. The molecule has 3 atom stereocenters. The number of carbonyl (C=O) groups is 1. The Kier molecular flexibility index (Phi) is 5.14. The van der Waals surface area contributed by atoms with Gasteiger partial charge in [-0.25, -0.2) is 9.37 Å². The van der Waals surface area contributed by atoms with Gasteiger partial charge in [-0.05, 0) is 43.9 Å². The zero-order valence-electron chi connectivity index (χ0n) is 19.3. The van der Waals surface area contributed by atoms with Crippen LogP contribution in [0.4, 0.5) is 15.8 Å². The molecule has 0 unspecified atom stereocenters. The number of amides is 1. The third-order valence-electron chi connectivity index (χ3n) is 7.37. The van der Waals surface area contributed by atoms with Crippen LogP contribution in [0.1, 0.15) is 32.9 Å². The summed E-state index contributed by atoms with van der Waals surface area (Å²) in [6.45, 7) is 7.09. The Morgan fingerprint density at radius 1 is 1.32 bits per heavy atom. The molecule has 6 rings (SSSR count). The molecule has 178 valence electrons. The van der Waals surface area contributed by atoms with Crippen LogP contribution in [0.25, 0.3) is 10.2 Å². The number of rotatable bonds is 3. The van der Waals surface area contributed by atoms with E-state index in [1.807, 2.05) is 26.0 Å². The van der Waals surface area contributed by atoms with Crippen LogP contribution in [0.2, 0.25) is 0 Å². The maximum atomic E-state index is 15.2.